The molecule has 78 valence electrons. The van der Waals surface area contributed by atoms with Crippen LogP contribution in [0.3, 0.4) is 0 Å². The van der Waals surface area contributed by atoms with Crippen LogP contribution in [0.4, 0.5) is 0 Å². The maximum Gasteiger partial charge on any atom is 0.135 e. The van der Waals surface area contributed by atoms with E-state index in [-0.39, 0.29) is 18.6 Å². The molecule has 5 nitrogen and oxygen atoms in total. The summed E-state index contributed by atoms with van der Waals surface area (Å²) >= 11 is 0. The highest BCUT2D eigenvalue weighted by molar-refractivity contribution is 5.78. The van der Waals surface area contributed by atoms with E-state index >= 15 is 0 Å². The van der Waals surface area contributed by atoms with E-state index in [1.165, 1.54) is 0 Å². The molecule has 4 N–H and O–H groups in total. The van der Waals surface area contributed by atoms with Gasteiger partial charge in [-0.05, 0) is 0 Å². The van der Waals surface area contributed by atoms with Gasteiger partial charge in [0.2, 0.25) is 0 Å². The maximum atomic E-state index is 10.8. The van der Waals surface area contributed by atoms with E-state index in [4.69, 9.17) is 15.3 Å². The minimum atomic E-state index is -1.47. The lowest BCUT2D eigenvalue weighted by Crippen LogP contribution is -2.40. The molecule has 0 aliphatic carbocycles. The summed E-state index contributed by atoms with van der Waals surface area (Å²) in [5.41, 5.74) is 0. The zero-order chi connectivity index (χ0) is 10.4. The van der Waals surface area contributed by atoms with Gasteiger partial charge in [-0.15, -0.1) is 0 Å². The molecule has 0 amide bonds. The minimum absolute atomic E-state index is 0.198. The van der Waals surface area contributed by atoms with Crippen LogP contribution in [0.5, 0.6) is 0 Å². The molecule has 0 saturated heterocycles. The van der Waals surface area contributed by atoms with Crippen LogP contribution < -0.4 is 0 Å². The minimum Gasteiger partial charge on any atom is -0.394 e. The van der Waals surface area contributed by atoms with E-state index in [1.54, 1.807) is 6.92 Å². The molecule has 0 aromatic carbocycles. The Hall–Kier alpha value is -0.490. The first-order chi connectivity index (χ1) is 6.02. The quantitative estimate of drug-likeness (QED) is 0.407. The zero-order valence-electron chi connectivity index (χ0n) is 7.55. The highest BCUT2D eigenvalue weighted by atomic mass is 16.4. The smallest absolute Gasteiger partial charge is 0.135 e. The number of carbonyl (C=O) groups excluding carboxylic acids is 1. The molecule has 0 aliphatic heterocycles. The lowest BCUT2D eigenvalue weighted by atomic mass is 10.0. The van der Waals surface area contributed by atoms with Gasteiger partial charge >= 0.3 is 0 Å². The number of carbonyl (C=O) groups is 1. The maximum absolute atomic E-state index is 10.8. The summed E-state index contributed by atoms with van der Waals surface area (Å²) < 4.78 is 0. The van der Waals surface area contributed by atoms with Gasteiger partial charge in [0.15, 0.2) is 0 Å². The van der Waals surface area contributed by atoms with E-state index in [9.17, 15) is 9.90 Å². The summed E-state index contributed by atoms with van der Waals surface area (Å²) in [6.07, 6.45) is -4.11. The van der Waals surface area contributed by atoms with Gasteiger partial charge in [-0.3, -0.25) is 4.79 Å². The molecule has 0 rings (SSSR count). The summed E-state index contributed by atoms with van der Waals surface area (Å²) in [5.74, 6) is -0.198. The Morgan fingerprint density at radius 2 is 1.77 bits per heavy atom. The van der Waals surface area contributed by atoms with E-state index in [0.29, 0.717) is 0 Å². The predicted molar refractivity (Wildman–Crippen MR) is 45.0 cm³/mol. The van der Waals surface area contributed by atoms with Gasteiger partial charge in [0, 0.05) is 12.8 Å². The molecule has 0 aliphatic rings. The normalized spacial score (nSPS) is 17.9. The fraction of sp³-hybridized carbons (Fsp3) is 0.875. The van der Waals surface area contributed by atoms with Crippen molar-refractivity contribution in [3.8, 4) is 0 Å². The van der Waals surface area contributed by atoms with Crippen molar-refractivity contribution < 1.29 is 25.2 Å². The average Bonchev–Trinajstić information content (AvgIpc) is 2.14. The predicted octanol–water partition coefficient (Wildman–Crippen LogP) is -1.57. The number of aliphatic hydroxyl groups excluding tert-OH is 4. The summed E-state index contributed by atoms with van der Waals surface area (Å²) in [4.78, 5) is 10.8. The van der Waals surface area contributed by atoms with E-state index < -0.39 is 24.9 Å². The average molecular weight is 192 g/mol. The van der Waals surface area contributed by atoms with Crippen LogP contribution in [-0.2, 0) is 4.79 Å². The zero-order valence-corrected chi connectivity index (χ0v) is 7.55. The molecule has 3 unspecified atom stereocenters. The Morgan fingerprint density at radius 3 is 2.15 bits per heavy atom. The van der Waals surface area contributed by atoms with Gasteiger partial charge in [0.05, 0.1) is 12.7 Å². The first-order valence-electron chi connectivity index (χ1n) is 4.19. The molecule has 5 heteroatoms. The van der Waals surface area contributed by atoms with Gasteiger partial charge in [0.25, 0.3) is 0 Å². The van der Waals surface area contributed by atoms with Crippen molar-refractivity contribution in [3.05, 3.63) is 0 Å². The first kappa shape index (κ1) is 12.5. The largest absolute Gasteiger partial charge is 0.394 e. The Kier molecular flexibility index (Phi) is 5.81. The standard InChI is InChI=1S/C8H16O5/c1-2-5(10)3-6(11)8(13)7(12)4-9/h6-9,11-13H,2-4H2,1H3. The van der Waals surface area contributed by atoms with Gasteiger partial charge in [-0.2, -0.15) is 0 Å². The van der Waals surface area contributed by atoms with Crippen LogP contribution in [-0.4, -0.2) is 51.1 Å². The van der Waals surface area contributed by atoms with Gasteiger partial charge in [0.1, 0.15) is 18.0 Å². The fourth-order valence-corrected chi connectivity index (χ4v) is 0.863. The van der Waals surface area contributed by atoms with Crippen LogP contribution in [0, 0.1) is 0 Å². The van der Waals surface area contributed by atoms with Crippen LogP contribution in [0.1, 0.15) is 19.8 Å². The molecule has 0 aromatic heterocycles. The number of aliphatic hydroxyl groups is 4. The van der Waals surface area contributed by atoms with E-state index in [2.05, 4.69) is 0 Å². The van der Waals surface area contributed by atoms with E-state index in [0.717, 1.165) is 0 Å². The third-order valence-corrected chi connectivity index (χ3v) is 1.81. The van der Waals surface area contributed by atoms with Crippen molar-refractivity contribution in [2.45, 2.75) is 38.1 Å². The molecule has 13 heavy (non-hydrogen) atoms. The number of hydrogen-bond donors (Lipinski definition) is 4. The lowest BCUT2D eigenvalue weighted by Gasteiger charge is -2.20. The second-order valence-electron chi connectivity index (χ2n) is 2.90. The van der Waals surface area contributed by atoms with Gasteiger partial charge in [-0.1, -0.05) is 6.92 Å². The summed E-state index contributed by atoms with van der Waals surface area (Å²) in [7, 11) is 0. The second kappa shape index (κ2) is 6.04. The second-order valence-corrected chi connectivity index (χ2v) is 2.90. The molecular formula is C8H16O5. The third kappa shape index (κ3) is 4.33. The van der Waals surface area contributed by atoms with Crippen LogP contribution >= 0.6 is 0 Å². The number of ketones is 1. The van der Waals surface area contributed by atoms with Crippen molar-refractivity contribution in [2.75, 3.05) is 6.61 Å². The third-order valence-electron chi connectivity index (χ3n) is 1.81. The van der Waals surface area contributed by atoms with Crippen LogP contribution in [0.25, 0.3) is 0 Å². The Balaban J connectivity index is 3.95. The molecule has 0 bridgehead atoms. The monoisotopic (exact) mass is 192 g/mol. The van der Waals surface area contributed by atoms with Gasteiger partial charge < -0.3 is 20.4 Å². The highest BCUT2D eigenvalue weighted by Gasteiger charge is 2.25. The number of Topliss-reactive ketones (excluding diaryl/α,β-unsaturated/α-hetero) is 1. The van der Waals surface area contributed by atoms with Gasteiger partial charge in [-0.25, -0.2) is 0 Å². The lowest BCUT2D eigenvalue weighted by molar-refractivity contribution is -0.125. The van der Waals surface area contributed by atoms with Crippen LogP contribution in [0.2, 0.25) is 0 Å². The molecule has 0 saturated carbocycles. The first-order valence-corrected chi connectivity index (χ1v) is 4.19. The molecule has 3 atom stereocenters. The number of rotatable bonds is 6. The van der Waals surface area contributed by atoms with Crippen molar-refractivity contribution in [3.63, 3.8) is 0 Å². The van der Waals surface area contributed by atoms with Crippen molar-refractivity contribution in [2.24, 2.45) is 0 Å². The van der Waals surface area contributed by atoms with E-state index in [1.807, 2.05) is 0 Å². The number of hydrogen-bond acceptors (Lipinski definition) is 5. The Bertz CT molecular complexity index is 159. The Labute approximate surface area is 76.6 Å². The SMILES string of the molecule is CCC(=O)CC(O)C(O)C(O)CO. The molecular weight excluding hydrogens is 176 g/mol. The molecule has 0 heterocycles. The summed E-state index contributed by atoms with van der Waals surface area (Å²) in [6.45, 7) is 1.00. The van der Waals surface area contributed by atoms with Crippen molar-refractivity contribution >= 4 is 5.78 Å². The topological polar surface area (TPSA) is 98.0 Å². The Morgan fingerprint density at radius 1 is 1.23 bits per heavy atom. The summed E-state index contributed by atoms with van der Waals surface area (Å²) in [5, 5.41) is 35.6. The highest BCUT2D eigenvalue weighted by Crippen LogP contribution is 2.05. The molecule has 0 fully saturated rings. The van der Waals surface area contributed by atoms with Crippen LogP contribution in [0.15, 0.2) is 0 Å². The molecule has 0 aromatic rings. The molecule has 0 radical (unpaired) electrons. The molecule has 0 spiro atoms. The van der Waals surface area contributed by atoms with Crippen molar-refractivity contribution in [1.29, 1.82) is 0 Å². The fourth-order valence-electron chi connectivity index (χ4n) is 0.863. The van der Waals surface area contributed by atoms with Crippen molar-refractivity contribution in [1.82, 2.24) is 0 Å². The summed E-state index contributed by atoms with van der Waals surface area (Å²) in [6, 6.07) is 0.